The fourth-order valence-electron chi connectivity index (χ4n) is 2.66. The summed E-state index contributed by atoms with van der Waals surface area (Å²) in [6.07, 6.45) is 2.33. The molecule has 0 saturated heterocycles. The molecule has 3 aromatic rings. The maximum atomic E-state index is 13.2. The lowest BCUT2D eigenvalue weighted by atomic mass is 10.1. The number of guanidine groups is 1. The van der Waals surface area contributed by atoms with Crippen LogP contribution in [-0.2, 0) is 13.0 Å². The van der Waals surface area contributed by atoms with Crippen LogP contribution in [0.4, 0.5) is 8.78 Å². The van der Waals surface area contributed by atoms with Crippen molar-refractivity contribution in [3.63, 3.8) is 0 Å². The molecular weight excluding hydrogens is 501 g/mol. The predicted molar refractivity (Wildman–Crippen MR) is 124 cm³/mol. The second-order valence-electron chi connectivity index (χ2n) is 6.29. The Morgan fingerprint density at radius 2 is 1.77 bits per heavy atom. The van der Waals surface area contributed by atoms with Gasteiger partial charge in [0.05, 0.1) is 0 Å². The van der Waals surface area contributed by atoms with Crippen molar-refractivity contribution in [1.82, 2.24) is 15.6 Å². The number of nitrogens with one attached hydrogen (secondary N) is 2. The van der Waals surface area contributed by atoms with Crippen LogP contribution in [0.3, 0.4) is 0 Å². The van der Waals surface area contributed by atoms with E-state index in [1.54, 1.807) is 37.5 Å². The lowest BCUT2D eigenvalue weighted by Crippen LogP contribution is -2.37. The van der Waals surface area contributed by atoms with Gasteiger partial charge in [0.25, 0.3) is 0 Å². The Bertz CT molecular complexity index is 967. The summed E-state index contributed by atoms with van der Waals surface area (Å²) in [5.74, 6) is 1.02. The number of pyridine rings is 1. The van der Waals surface area contributed by atoms with E-state index in [2.05, 4.69) is 20.6 Å². The normalized spacial score (nSPS) is 10.8. The average molecular weight is 524 g/mol. The van der Waals surface area contributed by atoms with Gasteiger partial charge in [0, 0.05) is 32.4 Å². The minimum Gasteiger partial charge on any atom is -0.439 e. The fourth-order valence-corrected chi connectivity index (χ4v) is 2.66. The third-order valence-corrected chi connectivity index (χ3v) is 4.11. The van der Waals surface area contributed by atoms with Gasteiger partial charge in [-0.15, -0.1) is 24.0 Å². The quantitative estimate of drug-likeness (QED) is 0.268. The summed E-state index contributed by atoms with van der Waals surface area (Å²) in [5, 5.41) is 6.42. The van der Waals surface area contributed by atoms with Crippen molar-refractivity contribution < 1.29 is 13.5 Å². The van der Waals surface area contributed by atoms with Crippen LogP contribution < -0.4 is 15.4 Å². The zero-order valence-electron chi connectivity index (χ0n) is 16.4. The van der Waals surface area contributed by atoms with Gasteiger partial charge in [-0.05, 0) is 60.0 Å². The van der Waals surface area contributed by atoms with E-state index in [1.807, 2.05) is 12.1 Å². The fraction of sp³-hybridized carbons (Fsp3) is 0.182. The second-order valence-corrected chi connectivity index (χ2v) is 6.29. The molecule has 0 unspecified atom stereocenters. The van der Waals surface area contributed by atoms with Gasteiger partial charge in [0.1, 0.15) is 17.4 Å². The van der Waals surface area contributed by atoms with Crippen LogP contribution in [0.1, 0.15) is 11.1 Å². The molecule has 0 amide bonds. The molecule has 1 aromatic heterocycles. The molecule has 0 aliphatic heterocycles. The van der Waals surface area contributed by atoms with Crippen molar-refractivity contribution in [2.75, 3.05) is 13.6 Å². The topological polar surface area (TPSA) is 58.5 Å². The van der Waals surface area contributed by atoms with Crippen molar-refractivity contribution in [2.24, 2.45) is 4.99 Å². The molecule has 0 aliphatic carbocycles. The number of aromatic nitrogens is 1. The van der Waals surface area contributed by atoms with Gasteiger partial charge < -0.3 is 15.4 Å². The standard InChI is InChI=1S/C22H22F2N4O.HI/c1-25-22(27-12-9-16-3-2-4-19(24)13-16)28-15-17-10-11-26-21(14-17)29-20-7-5-18(23)6-8-20;/h2-8,10-11,13-14H,9,12,15H2,1H3,(H2,25,27,28);1H. The molecule has 5 nitrogen and oxygen atoms in total. The van der Waals surface area contributed by atoms with Gasteiger partial charge in [0.15, 0.2) is 5.96 Å². The number of rotatable bonds is 7. The van der Waals surface area contributed by atoms with E-state index in [0.717, 1.165) is 11.1 Å². The lowest BCUT2D eigenvalue weighted by Gasteiger charge is -2.12. The van der Waals surface area contributed by atoms with Gasteiger partial charge in [-0.1, -0.05) is 12.1 Å². The number of nitrogens with zero attached hydrogens (tertiary/aromatic N) is 2. The zero-order valence-corrected chi connectivity index (χ0v) is 18.8. The number of benzene rings is 2. The van der Waals surface area contributed by atoms with Crippen LogP contribution in [0.15, 0.2) is 71.9 Å². The minimum atomic E-state index is -0.320. The highest BCUT2D eigenvalue weighted by Gasteiger charge is 2.03. The van der Waals surface area contributed by atoms with Crippen molar-refractivity contribution in [3.05, 3.63) is 89.6 Å². The highest BCUT2D eigenvalue weighted by atomic mass is 127. The molecule has 3 rings (SSSR count). The van der Waals surface area contributed by atoms with Gasteiger partial charge in [-0.25, -0.2) is 13.8 Å². The van der Waals surface area contributed by atoms with Crippen LogP contribution in [0.5, 0.6) is 11.6 Å². The molecule has 0 radical (unpaired) electrons. The van der Waals surface area contributed by atoms with E-state index in [0.29, 0.717) is 37.1 Å². The van der Waals surface area contributed by atoms with Crippen LogP contribution in [-0.4, -0.2) is 24.5 Å². The molecule has 2 aromatic carbocycles. The molecule has 0 bridgehead atoms. The highest BCUT2D eigenvalue weighted by Crippen LogP contribution is 2.20. The van der Waals surface area contributed by atoms with Crippen LogP contribution in [0, 0.1) is 11.6 Å². The number of hydrogen-bond donors (Lipinski definition) is 2. The van der Waals surface area contributed by atoms with Crippen molar-refractivity contribution >= 4 is 29.9 Å². The smallest absolute Gasteiger partial charge is 0.219 e. The van der Waals surface area contributed by atoms with E-state index >= 15 is 0 Å². The highest BCUT2D eigenvalue weighted by molar-refractivity contribution is 14.0. The molecule has 2 N–H and O–H groups in total. The van der Waals surface area contributed by atoms with Crippen LogP contribution in [0.25, 0.3) is 0 Å². The first-order valence-corrected chi connectivity index (χ1v) is 9.20. The van der Waals surface area contributed by atoms with Crippen molar-refractivity contribution in [3.8, 4) is 11.6 Å². The van der Waals surface area contributed by atoms with Gasteiger partial charge in [-0.3, -0.25) is 4.99 Å². The molecular formula is C22H23F2IN4O. The second kappa shape index (κ2) is 12.1. The Morgan fingerprint density at radius 1 is 0.967 bits per heavy atom. The summed E-state index contributed by atoms with van der Waals surface area (Å²) in [4.78, 5) is 8.36. The summed E-state index contributed by atoms with van der Waals surface area (Å²) in [6.45, 7) is 1.14. The Hall–Kier alpha value is -2.75. The van der Waals surface area contributed by atoms with Gasteiger partial charge in [0.2, 0.25) is 5.88 Å². The summed E-state index contributed by atoms with van der Waals surface area (Å²) in [5.41, 5.74) is 1.87. The molecule has 0 aliphatic rings. The van der Waals surface area contributed by atoms with Gasteiger partial charge in [-0.2, -0.15) is 0 Å². The first-order valence-electron chi connectivity index (χ1n) is 9.20. The van der Waals surface area contributed by atoms with Gasteiger partial charge >= 0.3 is 0 Å². The Kier molecular flexibility index (Phi) is 9.46. The number of ether oxygens (including phenoxy) is 1. The van der Waals surface area contributed by atoms with Crippen molar-refractivity contribution in [2.45, 2.75) is 13.0 Å². The molecule has 8 heteroatoms. The van der Waals surface area contributed by atoms with E-state index in [4.69, 9.17) is 4.74 Å². The third-order valence-electron chi connectivity index (χ3n) is 4.11. The first kappa shape index (κ1) is 23.5. The molecule has 1 heterocycles. The maximum absolute atomic E-state index is 13.2. The molecule has 0 atom stereocenters. The SMILES string of the molecule is CN=C(NCCc1cccc(F)c1)NCc1ccnc(Oc2ccc(F)cc2)c1.I. The molecule has 0 fully saturated rings. The third kappa shape index (κ3) is 7.58. The summed E-state index contributed by atoms with van der Waals surface area (Å²) in [6, 6.07) is 16.0. The molecule has 158 valence electrons. The number of halogens is 3. The average Bonchev–Trinajstić information content (AvgIpc) is 2.72. The van der Waals surface area contributed by atoms with Crippen molar-refractivity contribution in [1.29, 1.82) is 0 Å². The van der Waals surface area contributed by atoms with E-state index in [-0.39, 0.29) is 35.6 Å². The monoisotopic (exact) mass is 524 g/mol. The Morgan fingerprint density at radius 3 is 2.50 bits per heavy atom. The predicted octanol–water partition coefficient (Wildman–Crippen LogP) is 4.68. The molecule has 30 heavy (non-hydrogen) atoms. The molecule has 0 saturated carbocycles. The minimum absolute atomic E-state index is 0. The van der Waals surface area contributed by atoms with E-state index < -0.39 is 0 Å². The van der Waals surface area contributed by atoms with Crippen LogP contribution in [0.2, 0.25) is 0 Å². The zero-order chi connectivity index (χ0) is 20.5. The Balaban J connectivity index is 0.00000320. The lowest BCUT2D eigenvalue weighted by molar-refractivity contribution is 0.460. The van der Waals surface area contributed by atoms with E-state index in [1.165, 1.54) is 24.3 Å². The van der Waals surface area contributed by atoms with Crippen LogP contribution >= 0.6 is 24.0 Å². The summed E-state index contributed by atoms with van der Waals surface area (Å²) in [7, 11) is 1.69. The first-order chi connectivity index (χ1) is 14.1. The summed E-state index contributed by atoms with van der Waals surface area (Å²) >= 11 is 0. The van der Waals surface area contributed by atoms with E-state index in [9.17, 15) is 8.78 Å². The Labute approximate surface area is 191 Å². The number of hydrogen-bond acceptors (Lipinski definition) is 3. The summed E-state index contributed by atoms with van der Waals surface area (Å²) < 4.78 is 31.9. The maximum Gasteiger partial charge on any atom is 0.219 e. The largest absolute Gasteiger partial charge is 0.439 e. The number of aliphatic imine (C=N–C) groups is 1. The molecule has 0 spiro atoms.